The van der Waals surface area contributed by atoms with Gasteiger partial charge in [0.25, 0.3) is 0 Å². The second-order valence-corrected chi connectivity index (χ2v) is 9.16. The molecular formula is C19H30N2O2S. The zero-order chi connectivity index (χ0) is 17.0. The first-order valence-corrected chi connectivity index (χ1v) is 10.8. The van der Waals surface area contributed by atoms with Crippen molar-refractivity contribution in [3.63, 3.8) is 0 Å². The van der Waals surface area contributed by atoms with Crippen LogP contribution in [-0.2, 0) is 10.0 Å². The number of piperidine rings is 1. The van der Waals surface area contributed by atoms with Crippen LogP contribution in [0.1, 0.15) is 50.5 Å². The molecule has 1 saturated carbocycles. The molecule has 1 N–H and O–H groups in total. The maximum Gasteiger partial charge on any atom is 0.240 e. The van der Waals surface area contributed by atoms with Gasteiger partial charge in [-0.2, -0.15) is 0 Å². The molecule has 1 aliphatic carbocycles. The van der Waals surface area contributed by atoms with Gasteiger partial charge in [0.15, 0.2) is 0 Å². The Bertz CT molecular complexity index is 621. The summed E-state index contributed by atoms with van der Waals surface area (Å²) in [4.78, 5) is 2.92. The Labute approximate surface area is 146 Å². The summed E-state index contributed by atoms with van der Waals surface area (Å²) in [6.45, 7) is 5.36. The van der Waals surface area contributed by atoms with Crippen molar-refractivity contribution >= 4 is 10.0 Å². The molecule has 4 nitrogen and oxygen atoms in total. The summed E-state index contributed by atoms with van der Waals surface area (Å²) in [7, 11) is -3.42. The summed E-state index contributed by atoms with van der Waals surface area (Å²) in [5.41, 5.74) is 1.08. The number of benzene rings is 1. The van der Waals surface area contributed by atoms with Crippen LogP contribution >= 0.6 is 0 Å². The van der Waals surface area contributed by atoms with Crippen LogP contribution in [0, 0.1) is 12.8 Å². The molecule has 0 bridgehead atoms. The number of sulfonamides is 1. The van der Waals surface area contributed by atoms with Crippen molar-refractivity contribution in [2.24, 2.45) is 5.92 Å². The molecule has 1 aromatic rings. The summed E-state index contributed by atoms with van der Waals surface area (Å²) in [6, 6.07) is 7.22. The first kappa shape index (κ1) is 17.9. The van der Waals surface area contributed by atoms with Gasteiger partial charge >= 0.3 is 0 Å². The standard InChI is InChI=1S/C19H30N2O2S/c1-16-9-11-18(12-10-16)24(22,23)20-19-8-4-3-7-17(19)15-21-13-5-2-6-14-21/h9-12,17,19-20H,2-8,13-15H2,1H3/t17-,19-/m0/s1. The molecule has 0 aromatic heterocycles. The van der Waals surface area contributed by atoms with Crippen LogP contribution in [0.3, 0.4) is 0 Å². The third-order valence-corrected chi connectivity index (χ3v) is 6.99. The Morgan fingerprint density at radius 2 is 1.67 bits per heavy atom. The quantitative estimate of drug-likeness (QED) is 0.886. The fourth-order valence-electron chi connectivity index (χ4n) is 4.04. The van der Waals surface area contributed by atoms with Crippen LogP contribution < -0.4 is 4.72 Å². The van der Waals surface area contributed by atoms with Crippen molar-refractivity contribution in [2.75, 3.05) is 19.6 Å². The largest absolute Gasteiger partial charge is 0.303 e. The van der Waals surface area contributed by atoms with Gasteiger partial charge in [-0.3, -0.25) is 0 Å². The molecule has 134 valence electrons. The number of rotatable bonds is 5. The van der Waals surface area contributed by atoms with E-state index >= 15 is 0 Å². The van der Waals surface area contributed by atoms with Gasteiger partial charge in [-0.15, -0.1) is 0 Å². The minimum atomic E-state index is -3.42. The maximum absolute atomic E-state index is 12.7. The van der Waals surface area contributed by atoms with Crippen molar-refractivity contribution in [1.29, 1.82) is 0 Å². The summed E-state index contributed by atoms with van der Waals surface area (Å²) in [5.74, 6) is 0.442. The number of aryl methyl sites for hydroxylation is 1. The Kier molecular flexibility index (Phi) is 5.95. The molecule has 0 amide bonds. The second kappa shape index (κ2) is 7.98. The predicted molar refractivity (Wildman–Crippen MR) is 97.5 cm³/mol. The van der Waals surface area contributed by atoms with Gasteiger partial charge in [0.1, 0.15) is 0 Å². The number of hydrogen-bond acceptors (Lipinski definition) is 3. The number of hydrogen-bond donors (Lipinski definition) is 1. The molecule has 1 aliphatic heterocycles. The summed E-state index contributed by atoms with van der Waals surface area (Å²) < 4.78 is 28.5. The highest BCUT2D eigenvalue weighted by molar-refractivity contribution is 7.89. The molecular weight excluding hydrogens is 320 g/mol. The molecule has 1 heterocycles. The van der Waals surface area contributed by atoms with Gasteiger partial charge in [-0.25, -0.2) is 13.1 Å². The smallest absolute Gasteiger partial charge is 0.240 e. The van der Waals surface area contributed by atoms with Crippen molar-refractivity contribution in [3.8, 4) is 0 Å². The van der Waals surface area contributed by atoms with Crippen molar-refractivity contribution in [1.82, 2.24) is 9.62 Å². The van der Waals surface area contributed by atoms with Gasteiger partial charge in [-0.05, 0) is 63.7 Å². The Hall–Kier alpha value is -0.910. The number of nitrogens with zero attached hydrogens (tertiary/aromatic N) is 1. The van der Waals surface area contributed by atoms with Crippen LogP contribution in [-0.4, -0.2) is 39.0 Å². The van der Waals surface area contributed by atoms with E-state index in [1.165, 1.54) is 38.8 Å². The fraction of sp³-hybridized carbons (Fsp3) is 0.684. The Balaban J connectivity index is 1.67. The number of nitrogens with one attached hydrogen (secondary N) is 1. The van der Waals surface area contributed by atoms with Crippen LogP contribution in [0.5, 0.6) is 0 Å². The lowest BCUT2D eigenvalue weighted by atomic mass is 9.84. The molecule has 1 aromatic carbocycles. The maximum atomic E-state index is 12.7. The van der Waals surface area contributed by atoms with E-state index in [1.54, 1.807) is 12.1 Å². The van der Waals surface area contributed by atoms with E-state index in [-0.39, 0.29) is 6.04 Å². The first-order chi connectivity index (χ1) is 11.5. The minimum absolute atomic E-state index is 0.0759. The van der Waals surface area contributed by atoms with E-state index < -0.39 is 10.0 Å². The van der Waals surface area contributed by atoms with E-state index in [1.807, 2.05) is 19.1 Å². The lowest BCUT2D eigenvalue weighted by Gasteiger charge is -2.37. The lowest BCUT2D eigenvalue weighted by molar-refractivity contribution is 0.156. The van der Waals surface area contributed by atoms with Crippen LogP contribution in [0.15, 0.2) is 29.2 Å². The zero-order valence-electron chi connectivity index (χ0n) is 14.7. The van der Waals surface area contributed by atoms with Crippen molar-refractivity contribution in [3.05, 3.63) is 29.8 Å². The van der Waals surface area contributed by atoms with Gasteiger partial charge < -0.3 is 4.90 Å². The minimum Gasteiger partial charge on any atom is -0.303 e. The Morgan fingerprint density at radius 1 is 1.00 bits per heavy atom. The van der Waals surface area contributed by atoms with E-state index in [0.29, 0.717) is 10.8 Å². The van der Waals surface area contributed by atoms with Gasteiger partial charge in [0, 0.05) is 12.6 Å². The van der Waals surface area contributed by atoms with Crippen molar-refractivity contribution in [2.45, 2.75) is 62.8 Å². The average Bonchev–Trinajstić information content (AvgIpc) is 2.58. The molecule has 2 fully saturated rings. The van der Waals surface area contributed by atoms with Gasteiger partial charge in [0.2, 0.25) is 10.0 Å². The lowest BCUT2D eigenvalue weighted by Crippen LogP contribution is -2.47. The van der Waals surface area contributed by atoms with Gasteiger partial charge in [0.05, 0.1) is 4.90 Å². The average molecular weight is 351 g/mol. The van der Waals surface area contributed by atoms with Crippen LogP contribution in [0.2, 0.25) is 0 Å². The molecule has 1 saturated heterocycles. The van der Waals surface area contributed by atoms with Crippen molar-refractivity contribution < 1.29 is 8.42 Å². The normalized spacial score (nSPS) is 26.4. The first-order valence-electron chi connectivity index (χ1n) is 9.36. The monoisotopic (exact) mass is 350 g/mol. The molecule has 2 atom stereocenters. The highest BCUT2D eigenvalue weighted by Gasteiger charge is 2.31. The topological polar surface area (TPSA) is 49.4 Å². The Morgan fingerprint density at radius 3 is 2.38 bits per heavy atom. The van der Waals surface area contributed by atoms with Crippen LogP contribution in [0.25, 0.3) is 0 Å². The fourth-order valence-corrected chi connectivity index (χ4v) is 5.38. The van der Waals surface area contributed by atoms with E-state index in [4.69, 9.17) is 0 Å². The summed E-state index contributed by atoms with van der Waals surface area (Å²) >= 11 is 0. The summed E-state index contributed by atoms with van der Waals surface area (Å²) in [5, 5.41) is 0. The molecule has 5 heteroatoms. The SMILES string of the molecule is Cc1ccc(S(=O)(=O)N[C@H]2CCCC[C@H]2CN2CCCCC2)cc1. The third kappa shape index (κ3) is 4.58. The van der Waals surface area contributed by atoms with E-state index in [2.05, 4.69) is 9.62 Å². The zero-order valence-corrected chi connectivity index (χ0v) is 15.5. The molecule has 24 heavy (non-hydrogen) atoms. The molecule has 2 aliphatic rings. The third-order valence-electron chi connectivity index (χ3n) is 5.49. The highest BCUT2D eigenvalue weighted by Crippen LogP contribution is 2.27. The molecule has 0 radical (unpaired) electrons. The van der Waals surface area contributed by atoms with Gasteiger partial charge in [-0.1, -0.05) is 37.0 Å². The highest BCUT2D eigenvalue weighted by atomic mass is 32.2. The predicted octanol–water partition coefficient (Wildman–Crippen LogP) is 3.32. The van der Waals surface area contributed by atoms with E-state index in [0.717, 1.165) is 31.4 Å². The molecule has 3 rings (SSSR count). The summed E-state index contributed by atoms with van der Waals surface area (Å²) in [6.07, 6.45) is 8.35. The molecule has 0 unspecified atom stereocenters. The molecule has 0 spiro atoms. The van der Waals surface area contributed by atoms with Crippen LogP contribution in [0.4, 0.5) is 0 Å². The number of likely N-dealkylation sites (tertiary alicyclic amines) is 1. The second-order valence-electron chi connectivity index (χ2n) is 7.45. The van der Waals surface area contributed by atoms with E-state index in [9.17, 15) is 8.42 Å².